The second-order valence-corrected chi connectivity index (χ2v) is 6.51. The molecule has 0 saturated heterocycles. The average molecular weight is 371 g/mol. The zero-order valence-electron chi connectivity index (χ0n) is 14.4. The molecule has 1 N–H and O–H groups in total. The smallest absolute Gasteiger partial charge is 0.265 e. The third-order valence-electron chi connectivity index (χ3n) is 3.68. The summed E-state index contributed by atoms with van der Waals surface area (Å²) in [6.07, 6.45) is 0. The van der Waals surface area contributed by atoms with Crippen LogP contribution in [0.4, 0.5) is 10.1 Å². The minimum atomic E-state index is -0.285. The number of amides is 1. The molecule has 26 heavy (non-hydrogen) atoms. The molecular weight excluding hydrogens is 353 g/mol. The van der Waals surface area contributed by atoms with Gasteiger partial charge in [-0.3, -0.25) is 4.79 Å². The lowest BCUT2D eigenvalue weighted by Crippen LogP contribution is -2.10. The van der Waals surface area contributed by atoms with E-state index in [1.807, 2.05) is 13.0 Å². The second kappa shape index (κ2) is 8.01. The molecule has 0 saturated carbocycles. The predicted octanol–water partition coefficient (Wildman–Crippen LogP) is 5.21. The Hall–Kier alpha value is -2.86. The highest BCUT2D eigenvalue weighted by Crippen LogP contribution is 2.32. The summed E-state index contributed by atoms with van der Waals surface area (Å²) in [5, 5.41) is 2.85. The number of hydrogen-bond donors (Lipinski definition) is 1. The van der Waals surface area contributed by atoms with E-state index in [1.165, 1.54) is 23.5 Å². The van der Waals surface area contributed by atoms with E-state index in [2.05, 4.69) is 5.32 Å². The van der Waals surface area contributed by atoms with E-state index in [1.54, 1.807) is 43.5 Å². The summed E-state index contributed by atoms with van der Waals surface area (Å²) in [5.74, 6) is 0.688. The van der Waals surface area contributed by atoms with Gasteiger partial charge in [-0.05, 0) is 48.9 Å². The van der Waals surface area contributed by atoms with Crippen molar-refractivity contribution < 1.29 is 18.7 Å². The molecule has 2 aromatic carbocycles. The molecule has 0 atom stereocenters. The van der Waals surface area contributed by atoms with Crippen molar-refractivity contribution in [2.45, 2.75) is 6.92 Å². The molecule has 0 aliphatic heterocycles. The zero-order chi connectivity index (χ0) is 18.5. The van der Waals surface area contributed by atoms with Crippen molar-refractivity contribution in [1.82, 2.24) is 0 Å². The Labute approximate surface area is 155 Å². The Bertz CT molecular complexity index is 906. The van der Waals surface area contributed by atoms with Crippen molar-refractivity contribution >= 4 is 22.9 Å². The molecule has 3 aromatic rings. The summed E-state index contributed by atoms with van der Waals surface area (Å²) < 4.78 is 23.8. The maximum atomic E-state index is 13.0. The fraction of sp³-hybridized carbons (Fsp3) is 0.150. The second-order valence-electron chi connectivity index (χ2n) is 5.42. The molecule has 6 heteroatoms. The van der Waals surface area contributed by atoms with Crippen molar-refractivity contribution in [2.24, 2.45) is 0 Å². The lowest BCUT2D eigenvalue weighted by atomic mass is 10.2. The van der Waals surface area contributed by atoms with Gasteiger partial charge in [0.1, 0.15) is 5.82 Å². The van der Waals surface area contributed by atoms with Crippen molar-refractivity contribution in [3.8, 4) is 21.9 Å². The molecule has 0 aliphatic rings. The van der Waals surface area contributed by atoms with Gasteiger partial charge < -0.3 is 14.8 Å². The van der Waals surface area contributed by atoms with Gasteiger partial charge in [0.05, 0.1) is 18.6 Å². The Morgan fingerprint density at radius 3 is 2.54 bits per heavy atom. The quantitative estimate of drug-likeness (QED) is 0.647. The van der Waals surface area contributed by atoms with Crippen molar-refractivity contribution in [1.29, 1.82) is 0 Å². The topological polar surface area (TPSA) is 47.6 Å². The molecule has 1 amide bonds. The number of anilines is 1. The molecule has 0 radical (unpaired) electrons. The first-order chi connectivity index (χ1) is 12.6. The first-order valence-corrected chi connectivity index (χ1v) is 8.90. The minimum Gasteiger partial charge on any atom is -0.493 e. The van der Waals surface area contributed by atoms with E-state index < -0.39 is 0 Å². The minimum absolute atomic E-state index is 0.213. The van der Waals surface area contributed by atoms with Crippen molar-refractivity contribution in [3.63, 3.8) is 0 Å². The molecule has 0 fully saturated rings. The average Bonchev–Trinajstić information content (AvgIpc) is 3.14. The van der Waals surface area contributed by atoms with E-state index >= 15 is 0 Å². The fourth-order valence-electron chi connectivity index (χ4n) is 2.44. The number of methoxy groups -OCH3 is 1. The number of carbonyl (C=O) groups excluding carboxylic acids is 1. The van der Waals surface area contributed by atoms with E-state index in [-0.39, 0.29) is 11.7 Å². The molecule has 0 aliphatic carbocycles. The van der Waals surface area contributed by atoms with Gasteiger partial charge in [-0.1, -0.05) is 12.1 Å². The Balaban J connectivity index is 1.75. The van der Waals surface area contributed by atoms with Gasteiger partial charge in [0, 0.05) is 16.6 Å². The first kappa shape index (κ1) is 17.9. The predicted molar refractivity (Wildman–Crippen MR) is 102 cm³/mol. The summed E-state index contributed by atoms with van der Waals surface area (Å²) in [6.45, 7) is 2.42. The molecule has 0 spiro atoms. The highest BCUT2D eigenvalue weighted by atomic mass is 32.1. The number of thiophene rings is 1. The Kier molecular flexibility index (Phi) is 5.53. The van der Waals surface area contributed by atoms with Crippen LogP contribution in [0.1, 0.15) is 16.6 Å². The molecule has 3 rings (SSSR count). The number of nitrogens with one attached hydrogen (secondary N) is 1. The van der Waals surface area contributed by atoms with Gasteiger partial charge in [0.25, 0.3) is 5.91 Å². The van der Waals surface area contributed by atoms with Crippen LogP contribution in [0.2, 0.25) is 0 Å². The molecule has 1 aromatic heterocycles. The number of benzene rings is 2. The third kappa shape index (κ3) is 4.03. The van der Waals surface area contributed by atoms with Crippen LogP contribution in [0.15, 0.2) is 54.6 Å². The third-order valence-corrected chi connectivity index (χ3v) is 4.81. The molecule has 0 bridgehead atoms. The molecule has 1 heterocycles. The Morgan fingerprint density at radius 2 is 1.85 bits per heavy atom. The van der Waals surface area contributed by atoms with Crippen LogP contribution in [0, 0.1) is 5.82 Å². The van der Waals surface area contributed by atoms with Gasteiger partial charge in [-0.25, -0.2) is 4.39 Å². The van der Waals surface area contributed by atoms with Crippen LogP contribution in [0.5, 0.6) is 11.5 Å². The van der Waals surface area contributed by atoms with Crippen molar-refractivity contribution in [3.05, 3.63) is 65.3 Å². The van der Waals surface area contributed by atoms with Crippen LogP contribution in [-0.4, -0.2) is 19.6 Å². The summed E-state index contributed by atoms with van der Waals surface area (Å²) in [5.41, 5.74) is 1.49. The maximum Gasteiger partial charge on any atom is 0.265 e. The summed E-state index contributed by atoms with van der Waals surface area (Å²) >= 11 is 1.35. The lowest BCUT2D eigenvalue weighted by molar-refractivity contribution is 0.103. The number of hydrogen-bond acceptors (Lipinski definition) is 4. The highest BCUT2D eigenvalue weighted by molar-refractivity contribution is 7.17. The van der Waals surface area contributed by atoms with Crippen molar-refractivity contribution in [2.75, 3.05) is 19.0 Å². The molecule has 0 unspecified atom stereocenters. The van der Waals surface area contributed by atoms with Gasteiger partial charge in [-0.15, -0.1) is 11.3 Å². The fourth-order valence-corrected chi connectivity index (χ4v) is 3.35. The van der Waals surface area contributed by atoms with Crippen LogP contribution < -0.4 is 14.8 Å². The van der Waals surface area contributed by atoms with Crippen LogP contribution in [0.3, 0.4) is 0 Å². The standard InChI is InChI=1S/C20H18FNO3S/c1-3-25-16-9-8-15(12-17(16)24-2)22-20(23)19-11-10-18(26-19)13-4-6-14(21)7-5-13/h4-12H,3H2,1-2H3,(H,22,23). The van der Waals surface area contributed by atoms with Gasteiger partial charge in [0.2, 0.25) is 0 Å². The SMILES string of the molecule is CCOc1ccc(NC(=O)c2ccc(-c3ccc(F)cc3)s2)cc1OC. The van der Waals surface area contributed by atoms with Crippen LogP contribution in [0.25, 0.3) is 10.4 Å². The zero-order valence-corrected chi connectivity index (χ0v) is 15.2. The van der Waals surface area contributed by atoms with Gasteiger partial charge in [0.15, 0.2) is 11.5 Å². The van der Waals surface area contributed by atoms with Crippen LogP contribution in [-0.2, 0) is 0 Å². The van der Waals surface area contributed by atoms with Crippen LogP contribution >= 0.6 is 11.3 Å². The molecule has 134 valence electrons. The first-order valence-electron chi connectivity index (χ1n) is 8.08. The van der Waals surface area contributed by atoms with E-state index in [0.29, 0.717) is 28.7 Å². The summed E-state index contributed by atoms with van der Waals surface area (Å²) in [7, 11) is 1.55. The summed E-state index contributed by atoms with van der Waals surface area (Å²) in [4.78, 5) is 14.0. The summed E-state index contributed by atoms with van der Waals surface area (Å²) in [6, 6.07) is 15.0. The Morgan fingerprint density at radius 1 is 1.08 bits per heavy atom. The van der Waals surface area contributed by atoms with E-state index in [4.69, 9.17) is 9.47 Å². The monoisotopic (exact) mass is 371 g/mol. The highest BCUT2D eigenvalue weighted by Gasteiger charge is 2.12. The molecule has 4 nitrogen and oxygen atoms in total. The number of rotatable bonds is 6. The number of halogens is 1. The van der Waals surface area contributed by atoms with Gasteiger partial charge >= 0.3 is 0 Å². The largest absolute Gasteiger partial charge is 0.493 e. The van der Waals surface area contributed by atoms with E-state index in [9.17, 15) is 9.18 Å². The van der Waals surface area contributed by atoms with E-state index in [0.717, 1.165) is 10.4 Å². The lowest BCUT2D eigenvalue weighted by Gasteiger charge is -2.11. The molecular formula is C20H18FNO3S. The number of carbonyl (C=O) groups is 1. The normalized spacial score (nSPS) is 10.4. The van der Waals surface area contributed by atoms with Gasteiger partial charge in [-0.2, -0.15) is 0 Å². The maximum absolute atomic E-state index is 13.0. The number of ether oxygens (including phenoxy) is 2.